The highest BCUT2D eigenvalue weighted by Crippen LogP contribution is 2.33. The van der Waals surface area contributed by atoms with Gasteiger partial charge in [0.25, 0.3) is 0 Å². The van der Waals surface area contributed by atoms with Crippen LogP contribution >= 0.6 is 11.3 Å². The standard InChI is InChI=1S/C15H21NO2S/c1-2-6-15(12-17)7-4-8-16(11-15)14(18)10-13-5-3-9-19-13/h2-3,5,9,17H,1,4,6-8,10-12H2. The molecular formula is C15H21NO2S. The molecule has 0 spiro atoms. The number of carbonyl (C=O) groups is 1. The lowest BCUT2D eigenvalue weighted by molar-refractivity contribution is -0.134. The first kappa shape index (κ1) is 14.3. The van der Waals surface area contributed by atoms with Gasteiger partial charge in [0, 0.05) is 23.4 Å². The van der Waals surface area contributed by atoms with Crippen molar-refractivity contribution in [2.75, 3.05) is 19.7 Å². The van der Waals surface area contributed by atoms with Gasteiger partial charge in [0.05, 0.1) is 13.0 Å². The summed E-state index contributed by atoms with van der Waals surface area (Å²) in [7, 11) is 0. The van der Waals surface area contributed by atoms with Crippen LogP contribution in [0.25, 0.3) is 0 Å². The summed E-state index contributed by atoms with van der Waals surface area (Å²) in [6.45, 7) is 5.35. The highest BCUT2D eigenvalue weighted by molar-refractivity contribution is 7.10. The molecule has 0 radical (unpaired) electrons. The van der Waals surface area contributed by atoms with E-state index in [4.69, 9.17) is 0 Å². The summed E-state index contributed by atoms with van der Waals surface area (Å²) in [5.74, 6) is 0.170. The van der Waals surface area contributed by atoms with Crippen LogP contribution in [0.2, 0.25) is 0 Å². The summed E-state index contributed by atoms with van der Waals surface area (Å²) in [5.41, 5.74) is -0.175. The number of carbonyl (C=O) groups excluding carboxylic acids is 1. The molecule has 1 fully saturated rings. The predicted molar refractivity (Wildman–Crippen MR) is 78.2 cm³/mol. The summed E-state index contributed by atoms with van der Waals surface area (Å²) in [6.07, 6.45) is 5.03. The summed E-state index contributed by atoms with van der Waals surface area (Å²) in [6, 6.07) is 3.97. The number of hydrogen-bond acceptors (Lipinski definition) is 3. The molecule has 1 aromatic rings. The average molecular weight is 279 g/mol. The minimum atomic E-state index is -0.175. The maximum Gasteiger partial charge on any atom is 0.227 e. The van der Waals surface area contributed by atoms with Crippen molar-refractivity contribution in [1.82, 2.24) is 4.90 Å². The van der Waals surface area contributed by atoms with Gasteiger partial charge in [-0.2, -0.15) is 0 Å². The van der Waals surface area contributed by atoms with Crippen LogP contribution in [-0.2, 0) is 11.2 Å². The molecule has 0 bridgehead atoms. The number of hydrogen-bond donors (Lipinski definition) is 1. The largest absolute Gasteiger partial charge is 0.396 e. The number of nitrogens with zero attached hydrogens (tertiary/aromatic N) is 1. The van der Waals surface area contributed by atoms with Crippen molar-refractivity contribution in [2.24, 2.45) is 5.41 Å². The van der Waals surface area contributed by atoms with Gasteiger partial charge in [-0.25, -0.2) is 0 Å². The maximum absolute atomic E-state index is 12.3. The van der Waals surface area contributed by atoms with Crippen LogP contribution in [0.4, 0.5) is 0 Å². The van der Waals surface area contributed by atoms with Crippen molar-refractivity contribution in [3.05, 3.63) is 35.0 Å². The van der Waals surface area contributed by atoms with Crippen molar-refractivity contribution in [3.63, 3.8) is 0 Å². The molecule has 0 aliphatic carbocycles. The van der Waals surface area contributed by atoms with Crippen LogP contribution in [0.15, 0.2) is 30.2 Å². The Labute approximate surface area is 118 Å². The fraction of sp³-hybridized carbons (Fsp3) is 0.533. The van der Waals surface area contributed by atoms with E-state index in [2.05, 4.69) is 6.58 Å². The third-order valence-corrected chi connectivity index (χ3v) is 4.71. The number of aliphatic hydroxyl groups excluding tert-OH is 1. The quantitative estimate of drug-likeness (QED) is 0.841. The Kier molecular flexibility index (Phi) is 4.77. The second-order valence-corrected chi connectivity index (χ2v) is 6.36. The van der Waals surface area contributed by atoms with Gasteiger partial charge in [0.2, 0.25) is 5.91 Å². The summed E-state index contributed by atoms with van der Waals surface area (Å²) in [5, 5.41) is 11.6. The fourth-order valence-corrected chi connectivity index (χ4v) is 3.46. The minimum absolute atomic E-state index is 0.127. The molecule has 104 valence electrons. The first-order chi connectivity index (χ1) is 9.19. The van der Waals surface area contributed by atoms with Crippen molar-refractivity contribution >= 4 is 17.2 Å². The molecule has 1 saturated heterocycles. The lowest BCUT2D eigenvalue weighted by Gasteiger charge is -2.41. The second kappa shape index (κ2) is 6.35. The zero-order chi connectivity index (χ0) is 13.7. The Hall–Kier alpha value is -1.13. The Balaban J connectivity index is 2.00. The first-order valence-electron chi connectivity index (χ1n) is 6.71. The first-order valence-corrected chi connectivity index (χ1v) is 7.59. The fourth-order valence-electron chi connectivity index (χ4n) is 2.76. The van der Waals surface area contributed by atoms with E-state index in [0.29, 0.717) is 13.0 Å². The summed E-state index contributed by atoms with van der Waals surface area (Å²) in [4.78, 5) is 15.3. The Morgan fingerprint density at radius 1 is 1.63 bits per heavy atom. The number of aliphatic hydroxyl groups is 1. The Morgan fingerprint density at radius 2 is 2.47 bits per heavy atom. The molecule has 2 rings (SSSR count). The monoisotopic (exact) mass is 279 g/mol. The maximum atomic E-state index is 12.3. The van der Waals surface area contributed by atoms with E-state index < -0.39 is 0 Å². The highest BCUT2D eigenvalue weighted by atomic mass is 32.1. The van der Waals surface area contributed by atoms with Crippen LogP contribution < -0.4 is 0 Å². The molecule has 1 aliphatic rings. The predicted octanol–water partition coefficient (Wildman–Crippen LogP) is 2.47. The lowest BCUT2D eigenvalue weighted by Crippen LogP contribution is -2.48. The van der Waals surface area contributed by atoms with E-state index in [0.717, 1.165) is 30.7 Å². The van der Waals surface area contributed by atoms with E-state index >= 15 is 0 Å². The van der Waals surface area contributed by atoms with Gasteiger partial charge < -0.3 is 10.0 Å². The van der Waals surface area contributed by atoms with Gasteiger partial charge in [-0.05, 0) is 30.7 Å². The van der Waals surface area contributed by atoms with Crippen molar-refractivity contribution in [2.45, 2.75) is 25.7 Å². The topological polar surface area (TPSA) is 40.5 Å². The number of piperidine rings is 1. The molecule has 1 amide bonds. The van der Waals surface area contributed by atoms with Gasteiger partial charge in [-0.15, -0.1) is 17.9 Å². The van der Waals surface area contributed by atoms with Crippen molar-refractivity contribution in [1.29, 1.82) is 0 Å². The van der Waals surface area contributed by atoms with Gasteiger partial charge in [-0.1, -0.05) is 12.1 Å². The number of thiophene rings is 1. The molecule has 19 heavy (non-hydrogen) atoms. The molecule has 1 aliphatic heterocycles. The normalized spacial score (nSPS) is 23.3. The Bertz CT molecular complexity index is 429. The van der Waals surface area contributed by atoms with E-state index in [1.165, 1.54) is 0 Å². The third kappa shape index (κ3) is 3.45. The second-order valence-electron chi connectivity index (χ2n) is 5.33. The van der Waals surface area contributed by atoms with Crippen LogP contribution in [0, 0.1) is 5.41 Å². The van der Waals surface area contributed by atoms with Crippen molar-refractivity contribution in [3.8, 4) is 0 Å². The summed E-state index contributed by atoms with van der Waals surface area (Å²) < 4.78 is 0. The highest BCUT2D eigenvalue weighted by Gasteiger charge is 2.35. The zero-order valence-electron chi connectivity index (χ0n) is 11.2. The third-order valence-electron chi connectivity index (χ3n) is 3.83. The molecule has 4 heteroatoms. The summed E-state index contributed by atoms with van der Waals surface area (Å²) >= 11 is 1.62. The molecule has 0 aromatic carbocycles. The SMILES string of the molecule is C=CCC1(CO)CCCN(C(=O)Cc2cccs2)C1. The van der Waals surface area contributed by atoms with Crippen LogP contribution in [0.5, 0.6) is 0 Å². The van der Waals surface area contributed by atoms with Crippen LogP contribution in [0.1, 0.15) is 24.1 Å². The van der Waals surface area contributed by atoms with E-state index in [1.807, 2.05) is 28.5 Å². The van der Waals surface area contributed by atoms with Gasteiger partial charge >= 0.3 is 0 Å². The molecule has 1 atom stereocenters. The number of allylic oxidation sites excluding steroid dienone is 1. The van der Waals surface area contributed by atoms with Crippen molar-refractivity contribution < 1.29 is 9.90 Å². The van der Waals surface area contributed by atoms with Gasteiger partial charge in [0.15, 0.2) is 0 Å². The number of rotatable bonds is 5. The molecule has 1 unspecified atom stereocenters. The minimum Gasteiger partial charge on any atom is -0.396 e. The molecule has 1 N–H and O–H groups in total. The molecule has 2 heterocycles. The van der Waals surface area contributed by atoms with E-state index in [-0.39, 0.29) is 17.9 Å². The van der Waals surface area contributed by atoms with Gasteiger partial charge in [0.1, 0.15) is 0 Å². The molecule has 1 aromatic heterocycles. The van der Waals surface area contributed by atoms with E-state index in [9.17, 15) is 9.90 Å². The van der Waals surface area contributed by atoms with E-state index in [1.54, 1.807) is 11.3 Å². The lowest BCUT2D eigenvalue weighted by atomic mass is 9.78. The average Bonchev–Trinajstić information content (AvgIpc) is 2.92. The number of amides is 1. The number of likely N-dealkylation sites (tertiary alicyclic amines) is 1. The van der Waals surface area contributed by atoms with Crippen LogP contribution in [0.3, 0.4) is 0 Å². The van der Waals surface area contributed by atoms with Gasteiger partial charge in [-0.3, -0.25) is 4.79 Å². The molecule has 0 saturated carbocycles. The smallest absolute Gasteiger partial charge is 0.227 e. The Morgan fingerprint density at radius 3 is 3.11 bits per heavy atom. The molecule has 3 nitrogen and oxygen atoms in total. The van der Waals surface area contributed by atoms with Crippen LogP contribution in [-0.4, -0.2) is 35.6 Å². The zero-order valence-corrected chi connectivity index (χ0v) is 12.0. The molecular weight excluding hydrogens is 258 g/mol.